The van der Waals surface area contributed by atoms with Crippen molar-refractivity contribution in [2.45, 2.75) is 6.92 Å². The van der Waals surface area contributed by atoms with E-state index in [2.05, 4.69) is 0 Å². The molecule has 0 bridgehead atoms. The predicted octanol–water partition coefficient (Wildman–Crippen LogP) is 1.35. The summed E-state index contributed by atoms with van der Waals surface area (Å²) in [6, 6.07) is 5.82. The molecular formula is C10H11NO2. The van der Waals surface area contributed by atoms with E-state index in [-0.39, 0.29) is 12.5 Å². The lowest BCUT2D eigenvalue weighted by Crippen LogP contribution is -2.35. The largest absolute Gasteiger partial charge is 0.482 e. The number of rotatable bonds is 0. The number of benzene rings is 1. The van der Waals surface area contributed by atoms with Crippen molar-refractivity contribution in [1.82, 2.24) is 0 Å². The molecule has 2 rings (SSSR count). The van der Waals surface area contributed by atoms with E-state index in [9.17, 15) is 4.79 Å². The van der Waals surface area contributed by atoms with Gasteiger partial charge in [-0.15, -0.1) is 0 Å². The Morgan fingerprint density at radius 1 is 1.46 bits per heavy atom. The second-order valence-corrected chi connectivity index (χ2v) is 3.21. The van der Waals surface area contributed by atoms with E-state index >= 15 is 0 Å². The van der Waals surface area contributed by atoms with Gasteiger partial charge in [0.25, 0.3) is 5.91 Å². The van der Waals surface area contributed by atoms with Gasteiger partial charge in [-0.05, 0) is 24.6 Å². The second-order valence-electron chi connectivity index (χ2n) is 3.21. The van der Waals surface area contributed by atoms with Crippen LogP contribution in [0.15, 0.2) is 18.2 Å². The highest BCUT2D eigenvalue weighted by Crippen LogP contribution is 2.31. The average Bonchev–Trinajstić information content (AvgIpc) is 2.12. The van der Waals surface area contributed by atoms with Gasteiger partial charge >= 0.3 is 0 Å². The van der Waals surface area contributed by atoms with Crippen LogP contribution in [0.1, 0.15) is 5.56 Å². The summed E-state index contributed by atoms with van der Waals surface area (Å²) in [5.74, 6) is 0.790. The Balaban J connectivity index is 2.49. The number of hydrogen-bond acceptors (Lipinski definition) is 2. The normalized spacial score (nSPS) is 15.2. The molecule has 13 heavy (non-hydrogen) atoms. The molecule has 1 aromatic carbocycles. The third kappa shape index (κ3) is 1.26. The van der Waals surface area contributed by atoms with Crippen LogP contribution in [-0.2, 0) is 4.79 Å². The molecule has 0 atom stereocenters. The zero-order valence-electron chi connectivity index (χ0n) is 7.70. The number of hydrogen-bond donors (Lipinski definition) is 0. The van der Waals surface area contributed by atoms with Gasteiger partial charge in [0.1, 0.15) is 5.75 Å². The van der Waals surface area contributed by atoms with Gasteiger partial charge in [0.15, 0.2) is 6.61 Å². The summed E-state index contributed by atoms with van der Waals surface area (Å²) in [6.45, 7) is 2.15. The van der Waals surface area contributed by atoms with E-state index in [1.165, 1.54) is 0 Å². The van der Waals surface area contributed by atoms with E-state index in [1.54, 1.807) is 11.9 Å². The molecule has 0 fully saturated rings. The van der Waals surface area contributed by atoms with E-state index in [1.807, 2.05) is 25.1 Å². The highest BCUT2D eigenvalue weighted by Gasteiger charge is 2.21. The summed E-state index contributed by atoms with van der Waals surface area (Å²) in [4.78, 5) is 12.9. The summed E-state index contributed by atoms with van der Waals surface area (Å²) in [7, 11) is 1.76. The summed E-state index contributed by atoms with van der Waals surface area (Å²) < 4.78 is 5.30. The van der Waals surface area contributed by atoms with Gasteiger partial charge in [0.2, 0.25) is 0 Å². The number of carbonyl (C=O) groups excluding carboxylic acids is 1. The van der Waals surface area contributed by atoms with Crippen molar-refractivity contribution < 1.29 is 9.53 Å². The first-order valence-electron chi connectivity index (χ1n) is 4.18. The summed E-state index contributed by atoms with van der Waals surface area (Å²) >= 11 is 0. The molecule has 0 aromatic heterocycles. The molecule has 3 nitrogen and oxygen atoms in total. The Morgan fingerprint density at radius 3 is 3.00 bits per heavy atom. The van der Waals surface area contributed by atoms with Crippen LogP contribution in [0.3, 0.4) is 0 Å². The fourth-order valence-electron chi connectivity index (χ4n) is 1.38. The molecule has 1 heterocycles. The molecule has 0 radical (unpaired) electrons. The minimum Gasteiger partial charge on any atom is -0.482 e. The van der Waals surface area contributed by atoms with Gasteiger partial charge in [-0.3, -0.25) is 4.79 Å². The minimum atomic E-state index is -0.00338. The minimum absolute atomic E-state index is 0.00338. The molecular weight excluding hydrogens is 166 g/mol. The molecule has 0 saturated carbocycles. The lowest BCUT2D eigenvalue weighted by molar-refractivity contribution is -0.120. The van der Waals surface area contributed by atoms with Crippen LogP contribution in [-0.4, -0.2) is 19.6 Å². The lowest BCUT2D eigenvalue weighted by Gasteiger charge is -2.25. The summed E-state index contributed by atoms with van der Waals surface area (Å²) in [5.41, 5.74) is 1.99. The van der Waals surface area contributed by atoms with Crippen LogP contribution < -0.4 is 9.64 Å². The number of ether oxygens (including phenoxy) is 1. The smallest absolute Gasteiger partial charge is 0.264 e. The standard InChI is InChI=1S/C10H11NO2/c1-7-3-4-8-9(5-7)13-6-10(12)11(8)2/h3-5H,6H2,1-2H3. The quantitative estimate of drug-likeness (QED) is 0.598. The third-order valence-corrected chi connectivity index (χ3v) is 2.20. The Labute approximate surface area is 76.9 Å². The molecule has 0 saturated heterocycles. The van der Waals surface area contributed by atoms with Crippen LogP contribution >= 0.6 is 0 Å². The molecule has 68 valence electrons. The SMILES string of the molecule is Cc1ccc2c(c1)OCC(=O)N2C. The molecule has 3 heteroatoms. The lowest BCUT2D eigenvalue weighted by atomic mass is 10.2. The Morgan fingerprint density at radius 2 is 2.23 bits per heavy atom. The highest BCUT2D eigenvalue weighted by molar-refractivity contribution is 5.97. The van der Waals surface area contributed by atoms with E-state index in [0.29, 0.717) is 0 Å². The van der Waals surface area contributed by atoms with E-state index in [4.69, 9.17) is 4.74 Å². The molecule has 0 N–H and O–H groups in total. The van der Waals surface area contributed by atoms with Crippen LogP contribution in [0.25, 0.3) is 0 Å². The number of fused-ring (bicyclic) bond motifs is 1. The number of carbonyl (C=O) groups is 1. The number of likely N-dealkylation sites (N-methyl/N-ethyl adjacent to an activating group) is 1. The summed E-state index contributed by atoms with van der Waals surface area (Å²) in [5, 5.41) is 0. The van der Waals surface area contributed by atoms with Crippen molar-refractivity contribution in [1.29, 1.82) is 0 Å². The van der Waals surface area contributed by atoms with Crippen LogP contribution in [0, 0.1) is 6.92 Å². The Kier molecular flexibility index (Phi) is 1.72. The fourth-order valence-corrected chi connectivity index (χ4v) is 1.38. The number of aryl methyl sites for hydroxylation is 1. The Bertz CT molecular complexity index is 360. The fraction of sp³-hybridized carbons (Fsp3) is 0.300. The molecule has 1 aliphatic rings. The molecule has 1 amide bonds. The molecule has 1 aromatic rings. The van der Waals surface area contributed by atoms with Crippen molar-refractivity contribution in [3.05, 3.63) is 23.8 Å². The van der Waals surface area contributed by atoms with Crippen molar-refractivity contribution in [2.24, 2.45) is 0 Å². The first kappa shape index (κ1) is 8.10. The van der Waals surface area contributed by atoms with Crippen LogP contribution in [0.5, 0.6) is 5.75 Å². The molecule has 0 aliphatic carbocycles. The maximum Gasteiger partial charge on any atom is 0.264 e. The zero-order chi connectivity index (χ0) is 9.42. The van der Waals surface area contributed by atoms with Gasteiger partial charge in [0, 0.05) is 7.05 Å². The molecule has 1 aliphatic heterocycles. The van der Waals surface area contributed by atoms with Crippen molar-refractivity contribution >= 4 is 11.6 Å². The summed E-state index contributed by atoms with van der Waals surface area (Å²) in [6.07, 6.45) is 0. The molecule has 0 spiro atoms. The number of nitrogens with zero attached hydrogens (tertiary/aromatic N) is 1. The second kappa shape index (κ2) is 2.76. The number of anilines is 1. The van der Waals surface area contributed by atoms with Gasteiger partial charge in [-0.2, -0.15) is 0 Å². The van der Waals surface area contributed by atoms with E-state index in [0.717, 1.165) is 17.0 Å². The third-order valence-electron chi connectivity index (χ3n) is 2.20. The van der Waals surface area contributed by atoms with Crippen LogP contribution in [0.2, 0.25) is 0 Å². The first-order chi connectivity index (χ1) is 6.18. The predicted molar refractivity (Wildman–Crippen MR) is 50.1 cm³/mol. The van der Waals surface area contributed by atoms with Crippen LogP contribution in [0.4, 0.5) is 5.69 Å². The van der Waals surface area contributed by atoms with Gasteiger partial charge in [-0.1, -0.05) is 6.07 Å². The zero-order valence-corrected chi connectivity index (χ0v) is 7.70. The maximum absolute atomic E-state index is 11.2. The van der Waals surface area contributed by atoms with Gasteiger partial charge < -0.3 is 9.64 Å². The van der Waals surface area contributed by atoms with Crippen molar-refractivity contribution in [3.63, 3.8) is 0 Å². The average molecular weight is 177 g/mol. The monoisotopic (exact) mass is 177 g/mol. The van der Waals surface area contributed by atoms with Crippen molar-refractivity contribution in [2.75, 3.05) is 18.6 Å². The van der Waals surface area contributed by atoms with Gasteiger partial charge in [-0.25, -0.2) is 0 Å². The highest BCUT2D eigenvalue weighted by atomic mass is 16.5. The Hall–Kier alpha value is -1.51. The first-order valence-corrected chi connectivity index (χ1v) is 4.18. The molecule has 0 unspecified atom stereocenters. The van der Waals surface area contributed by atoms with E-state index < -0.39 is 0 Å². The number of amides is 1. The topological polar surface area (TPSA) is 29.5 Å². The van der Waals surface area contributed by atoms with Crippen molar-refractivity contribution in [3.8, 4) is 5.75 Å². The van der Waals surface area contributed by atoms with Gasteiger partial charge in [0.05, 0.1) is 5.69 Å². The maximum atomic E-state index is 11.2.